The van der Waals surface area contributed by atoms with Crippen LogP contribution in [-0.2, 0) is 33.3 Å². The molecule has 0 heterocycles. The van der Waals surface area contributed by atoms with Crippen LogP contribution in [0.1, 0.15) is 219 Å². The van der Waals surface area contributed by atoms with Crippen molar-refractivity contribution in [1.82, 2.24) is 0 Å². The van der Waals surface area contributed by atoms with E-state index in [1.165, 1.54) is 64.2 Å². The SMILES string of the molecule is CC/C=C\C/C=C\C/C=C\C/C=C\C/C=C\C/C=C\C/C=C\C/C=C\CCCCCCCCC(=O)OC(COC(=O)CCCCCCCCC/C=C\CCCCCCCC)COC(OCC[N+](C)(C)C)C(=O)[O-]. The van der Waals surface area contributed by atoms with E-state index in [9.17, 15) is 19.5 Å². The smallest absolute Gasteiger partial charge is 0.306 e. The fourth-order valence-corrected chi connectivity index (χ4v) is 7.55. The third kappa shape index (κ3) is 55.5. The normalized spacial score (nSPS) is 13.6. The highest BCUT2D eigenvalue weighted by atomic mass is 16.7. The molecule has 73 heavy (non-hydrogen) atoms. The Morgan fingerprint density at radius 1 is 0.425 bits per heavy atom. The number of nitrogens with zero attached hydrogens (tertiary/aromatic N) is 1. The molecule has 0 N–H and O–H groups in total. The minimum Gasteiger partial charge on any atom is -0.545 e. The first kappa shape index (κ1) is 69.0. The summed E-state index contributed by atoms with van der Waals surface area (Å²) in [4.78, 5) is 37.3. The highest BCUT2D eigenvalue weighted by Gasteiger charge is 2.22. The molecule has 0 saturated heterocycles. The van der Waals surface area contributed by atoms with E-state index in [1.54, 1.807) is 0 Å². The number of unbranched alkanes of at least 4 members (excludes halogenated alkanes) is 19. The van der Waals surface area contributed by atoms with Crippen molar-refractivity contribution in [3.05, 3.63) is 109 Å². The van der Waals surface area contributed by atoms with Gasteiger partial charge in [0.1, 0.15) is 13.2 Å². The van der Waals surface area contributed by atoms with Gasteiger partial charge in [-0.3, -0.25) is 9.59 Å². The van der Waals surface area contributed by atoms with Crippen molar-refractivity contribution in [2.75, 3.05) is 47.5 Å². The van der Waals surface area contributed by atoms with Crippen molar-refractivity contribution in [3.63, 3.8) is 0 Å². The number of carboxylic acid groups (broad SMARTS) is 1. The summed E-state index contributed by atoms with van der Waals surface area (Å²) in [5.41, 5.74) is 0. The third-order valence-corrected chi connectivity index (χ3v) is 12.0. The number of aliphatic carboxylic acids is 1. The first-order valence-electron chi connectivity index (χ1n) is 29.0. The maximum Gasteiger partial charge on any atom is 0.306 e. The van der Waals surface area contributed by atoms with Crippen LogP contribution in [0.5, 0.6) is 0 Å². The molecule has 9 heteroatoms. The van der Waals surface area contributed by atoms with Crippen molar-refractivity contribution in [1.29, 1.82) is 0 Å². The number of ether oxygens (including phenoxy) is 4. The van der Waals surface area contributed by atoms with Crippen LogP contribution in [0.15, 0.2) is 109 Å². The number of esters is 2. The van der Waals surface area contributed by atoms with Crippen molar-refractivity contribution in [2.24, 2.45) is 0 Å². The Hall–Kier alpha value is -4.05. The Morgan fingerprint density at radius 3 is 1.18 bits per heavy atom. The molecule has 416 valence electrons. The summed E-state index contributed by atoms with van der Waals surface area (Å²) in [6, 6.07) is 0. The number of carbonyl (C=O) groups excluding carboxylic acids is 3. The van der Waals surface area contributed by atoms with Crippen LogP contribution in [0.2, 0.25) is 0 Å². The molecule has 0 spiro atoms. The predicted octanol–water partition coefficient (Wildman–Crippen LogP) is 15.8. The van der Waals surface area contributed by atoms with E-state index in [0.717, 1.165) is 122 Å². The highest BCUT2D eigenvalue weighted by molar-refractivity contribution is 5.70. The fraction of sp³-hybridized carbons (Fsp3) is 0.672. The highest BCUT2D eigenvalue weighted by Crippen LogP contribution is 2.14. The van der Waals surface area contributed by atoms with Gasteiger partial charge in [-0.1, -0.05) is 213 Å². The fourth-order valence-electron chi connectivity index (χ4n) is 7.55. The monoisotopic (exact) mass is 1020 g/mol. The van der Waals surface area contributed by atoms with E-state index in [0.29, 0.717) is 17.4 Å². The van der Waals surface area contributed by atoms with Crippen molar-refractivity contribution < 1.29 is 42.9 Å². The van der Waals surface area contributed by atoms with Gasteiger partial charge in [-0.05, 0) is 103 Å². The van der Waals surface area contributed by atoms with Gasteiger partial charge in [-0.15, -0.1) is 0 Å². The Balaban J connectivity index is 4.31. The first-order chi connectivity index (χ1) is 35.6. The quantitative estimate of drug-likeness (QED) is 0.0195. The van der Waals surface area contributed by atoms with Gasteiger partial charge in [-0.2, -0.15) is 0 Å². The molecule has 0 radical (unpaired) electrons. The van der Waals surface area contributed by atoms with Crippen LogP contribution >= 0.6 is 0 Å². The summed E-state index contributed by atoms with van der Waals surface area (Å²) in [7, 11) is 5.91. The van der Waals surface area contributed by atoms with Crippen LogP contribution in [0, 0.1) is 0 Å². The van der Waals surface area contributed by atoms with E-state index < -0.39 is 24.3 Å². The van der Waals surface area contributed by atoms with Gasteiger partial charge < -0.3 is 33.3 Å². The van der Waals surface area contributed by atoms with Crippen LogP contribution in [0.25, 0.3) is 0 Å². The second-order valence-electron chi connectivity index (χ2n) is 20.2. The maximum absolute atomic E-state index is 12.9. The van der Waals surface area contributed by atoms with Crippen molar-refractivity contribution in [2.45, 2.75) is 232 Å². The molecular formula is C64H107NO8. The lowest BCUT2D eigenvalue weighted by molar-refractivity contribution is -0.870. The summed E-state index contributed by atoms with van der Waals surface area (Å²) < 4.78 is 22.7. The molecule has 0 aliphatic rings. The Kier molecular flexibility index (Phi) is 51.2. The molecule has 9 nitrogen and oxygen atoms in total. The Labute approximate surface area is 447 Å². The van der Waals surface area contributed by atoms with Gasteiger partial charge in [0.2, 0.25) is 0 Å². The van der Waals surface area contributed by atoms with E-state index in [1.807, 2.05) is 21.1 Å². The second kappa shape index (κ2) is 54.2. The molecule has 0 aliphatic carbocycles. The van der Waals surface area contributed by atoms with Crippen LogP contribution in [0.4, 0.5) is 0 Å². The largest absolute Gasteiger partial charge is 0.545 e. The maximum atomic E-state index is 12.9. The minimum absolute atomic E-state index is 0.138. The van der Waals surface area contributed by atoms with E-state index >= 15 is 0 Å². The zero-order valence-corrected chi connectivity index (χ0v) is 47.2. The number of hydrogen-bond acceptors (Lipinski definition) is 8. The van der Waals surface area contributed by atoms with Gasteiger partial charge in [0, 0.05) is 12.8 Å². The molecule has 2 atom stereocenters. The van der Waals surface area contributed by atoms with Crippen molar-refractivity contribution in [3.8, 4) is 0 Å². The summed E-state index contributed by atoms with van der Waals surface area (Å²) in [5, 5.41) is 11.8. The Morgan fingerprint density at radius 2 is 0.781 bits per heavy atom. The lowest BCUT2D eigenvalue weighted by Crippen LogP contribution is -2.44. The van der Waals surface area contributed by atoms with Crippen LogP contribution in [0.3, 0.4) is 0 Å². The average molecular weight is 1020 g/mol. The van der Waals surface area contributed by atoms with Crippen LogP contribution in [-0.4, -0.2) is 82.3 Å². The Bertz CT molecular complexity index is 1560. The molecule has 0 fully saturated rings. The first-order valence-corrected chi connectivity index (χ1v) is 29.0. The number of allylic oxidation sites excluding steroid dienone is 18. The zero-order valence-electron chi connectivity index (χ0n) is 47.2. The molecule has 0 aromatic carbocycles. The number of rotatable bonds is 52. The summed E-state index contributed by atoms with van der Waals surface area (Å²) in [5.74, 6) is -2.32. The molecule has 0 aromatic heterocycles. The summed E-state index contributed by atoms with van der Waals surface area (Å²) in [6.07, 6.45) is 71.3. The molecule has 0 bridgehead atoms. The standard InChI is InChI=1S/C64H107NO8/c1-6-8-10-12-14-16-18-20-22-24-25-26-27-28-29-30-31-32-33-34-35-36-37-39-41-43-45-47-49-51-53-55-62(67)73-60(59-72-64(63(68)69)70-57-56-65(3,4)5)58-71-61(66)54-52-50-48-46-44-42-40-38-23-21-19-17-15-13-11-9-7-2/h8,10,14,16,20-23,25-26,28-29,31-32,34-35,37,39,60,64H,6-7,9,11-13,15,17-19,24,27,30,33,36,38,40-59H2,1-5H3/b10-8-,16-14-,22-20-,23-21-,26-25-,29-28-,32-31-,35-34-,39-37-. The van der Waals surface area contributed by atoms with Gasteiger partial charge in [-0.25, -0.2) is 0 Å². The molecule has 2 unspecified atom stereocenters. The lowest BCUT2D eigenvalue weighted by Gasteiger charge is -2.26. The third-order valence-electron chi connectivity index (χ3n) is 12.0. The molecule has 0 saturated carbocycles. The number of carbonyl (C=O) groups is 3. The van der Waals surface area contributed by atoms with Gasteiger partial charge in [0.25, 0.3) is 0 Å². The van der Waals surface area contributed by atoms with Gasteiger partial charge in [0.15, 0.2) is 12.4 Å². The summed E-state index contributed by atoms with van der Waals surface area (Å²) in [6.45, 7) is 4.60. The van der Waals surface area contributed by atoms with Crippen LogP contribution < -0.4 is 5.11 Å². The van der Waals surface area contributed by atoms with E-state index in [2.05, 4.69) is 123 Å². The second-order valence-corrected chi connectivity index (χ2v) is 20.2. The number of likely N-dealkylation sites (N-methyl/N-ethyl adjacent to an activating group) is 1. The van der Waals surface area contributed by atoms with Gasteiger partial charge >= 0.3 is 11.9 Å². The topological polar surface area (TPSA) is 111 Å². The molecular weight excluding hydrogens is 911 g/mol. The lowest BCUT2D eigenvalue weighted by atomic mass is 10.1. The average Bonchev–Trinajstić information content (AvgIpc) is 3.36. The molecule has 0 aromatic rings. The van der Waals surface area contributed by atoms with Gasteiger partial charge in [0.05, 0.1) is 40.3 Å². The number of carboxylic acids is 1. The zero-order chi connectivity index (χ0) is 53.4. The van der Waals surface area contributed by atoms with Crippen molar-refractivity contribution >= 4 is 17.9 Å². The number of hydrogen-bond donors (Lipinski definition) is 0. The predicted molar refractivity (Wildman–Crippen MR) is 306 cm³/mol. The number of quaternary nitrogens is 1. The van der Waals surface area contributed by atoms with E-state index in [4.69, 9.17) is 18.9 Å². The molecule has 0 rings (SSSR count). The van der Waals surface area contributed by atoms with E-state index in [-0.39, 0.29) is 38.6 Å². The summed E-state index contributed by atoms with van der Waals surface area (Å²) >= 11 is 0. The molecule has 0 amide bonds. The minimum atomic E-state index is -1.63. The molecule has 0 aliphatic heterocycles.